The van der Waals surface area contributed by atoms with Gasteiger partial charge in [0.25, 0.3) is 11.8 Å². The second-order valence-electron chi connectivity index (χ2n) is 20.6. The van der Waals surface area contributed by atoms with Gasteiger partial charge in [-0.25, -0.2) is 0 Å². The van der Waals surface area contributed by atoms with Gasteiger partial charge in [-0.2, -0.15) is 0 Å². The van der Waals surface area contributed by atoms with Crippen LogP contribution >= 0.6 is 45.9 Å². The van der Waals surface area contributed by atoms with Crippen LogP contribution in [0.15, 0.2) is 76.7 Å². The van der Waals surface area contributed by atoms with E-state index in [-0.39, 0.29) is 54.1 Å². The number of Topliss-reactive ketones (excluding diaryl/α,β-unsaturated/α-hetero) is 1. The second kappa shape index (κ2) is 22.9. The van der Waals surface area contributed by atoms with Gasteiger partial charge in [0.2, 0.25) is 11.8 Å². The number of anilines is 1. The molecule has 18 nitrogen and oxygen atoms in total. The molecule has 7 aromatic rings. The number of fused-ring (bicyclic) bond motifs is 7. The molecule has 3 atom stereocenters. The molecule has 4 amide bonds. The van der Waals surface area contributed by atoms with Crippen molar-refractivity contribution in [1.82, 2.24) is 39.7 Å². The number of halogens is 2. The molecular weight excluding hydrogens is 1100 g/mol. The average molecular weight is 1160 g/mol. The smallest absolute Gasteiger partial charge is 0.308 e. The summed E-state index contributed by atoms with van der Waals surface area (Å²) in [6.45, 7) is 19.8. The summed E-state index contributed by atoms with van der Waals surface area (Å²) in [5.41, 5.74) is 8.63. The molecule has 22 heteroatoms. The monoisotopic (exact) mass is 1160 g/mol. The van der Waals surface area contributed by atoms with Crippen molar-refractivity contribution in [2.45, 2.75) is 125 Å². The van der Waals surface area contributed by atoms with Crippen LogP contribution in [0.5, 0.6) is 0 Å². The first-order chi connectivity index (χ1) is 38.0. The maximum atomic E-state index is 12.7. The van der Waals surface area contributed by atoms with Crippen molar-refractivity contribution in [3.8, 4) is 10.0 Å². The summed E-state index contributed by atoms with van der Waals surface area (Å²) >= 11 is 15.6. The first kappa shape index (κ1) is 57.2. The van der Waals surface area contributed by atoms with Gasteiger partial charge in [-0.3, -0.25) is 58.1 Å². The minimum Gasteiger partial charge on any atom is -0.460 e. The molecule has 11 rings (SSSR count). The zero-order chi connectivity index (χ0) is 57.6. The summed E-state index contributed by atoms with van der Waals surface area (Å²) in [4.78, 5) is 86.5. The van der Waals surface area contributed by atoms with Crippen LogP contribution in [0.3, 0.4) is 0 Å². The van der Waals surface area contributed by atoms with E-state index in [0.717, 1.165) is 71.6 Å². The van der Waals surface area contributed by atoms with E-state index >= 15 is 0 Å². The molecule has 1 unspecified atom stereocenters. The number of carbonyl (C=O) groups is 6. The number of esters is 1. The summed E-state index contributed by atoms with van der Waals surface area (Å²) in [6.07, 6.45) is 1.15. The molecule has 8 heterocycles. The topological polar surface area (TPSA) is 225 Å². The quantitative estimate of drug-likeness (QED) is 0.102. The molecule has 2 N–H and O–H groups in total. The van der Waals surface area contributed by atoms with Crippen LogP contribution in [-0.2, 0) is 23.9 Å². The number of thiophene rings is 2. The van der Waals surface area contributed by atoms with Gasteiger partial charge in [0.15, 0.2) is 11.6 Å². The van der Waals surface area contributed by atoms with Crippen LogP contribution in [0.25, 0.3) is 10.0 Å². The van der Waals surface area contributed by atoms with E-state index in [4.69, 9.17) is 37.9 Å². The predicted octanol–water partition coefficient (Wildman–Crippen LogP) is 10.8. The number of hydrogen-bond donors (Lipinski definition) is 2. The highest BCUT2D eigenvalue weighted by Crippen LogP contribution is 2.42. The van der Waals surface area contributed by atoms with Gasteiger partial charge in [0.1, 0.15) is 51.2 Å². The first-order valence-electron chi connectivity index (χ1n) is 26.0. The third-order valence-electron chi connectivity index (χ3n) is 14.0. The molecule has 3 aromatic carbocycles. The fraction of sp³-hybridized carbons (Fsp3) is 0.345. The summed E-state index contributed by atoms with van der Waals surface area (Å²) in [7, 11) is 1.65. The van der Waals surface area contributed by atoms with Gasteiger partial charge in [-0.05, 0) is 116 Å². The van der Waals surface area contributed by atoms with Crippen molar-refractivity contribution in [3.05, 3.63) is 154 Å². The number of hydrogen-bond acceptors (Lipinski definition) is 16. The van der Waals surface area contributed by atoms with Crippen molar-refractivity contribution in [1.29, 1.82) is 0 Å². The van der Waals surface area contributed by atoms with E-state index in [9.17, 15) is 28.8 Å². The van der Waals surface area contributed by atoms with Crippen LogP contribution in [-0.4, -0.2) is 99.9 Å². The van der Waals surface area contributed by atoms with Crippen LogP contribution in [0.2, 0.25) is 10.0 Å². The number of rotatable bonds is 9. The number of imide groups is 2. The van der Waals surface area contributed by atoms with Gasteiger partial charge in [-0.15, -0.1) is 43.1 Å². The lowest BCUT2D eigenvalue weighted by Crippen LogP contribution is -2.54. The number of benzene rings is 3. The van der Waals surface area contributed by atoms with Crippen molar-refractivity contribution >= 4 is 98.4 Å². The molecule has 0 bridgehead atoms. The molecular formula is C58H59Cl2N11O7S2. The second-order valence-corrected chi connectivity index (χ2v) is 23.9. The van der Waals surface area contributed by atoms with E-state index in [2.05, 4.69) is 63.3 Å². The fourth-order valence-corrected chi connectivity index (χ4v) is 12.6. The number of ketones is 1. The summed E-state index contributed by atoms with van der Waals surface area (Å²) < 4.78 is 9.68. The zero-order valence-corrected chi connectivity index (χ0v) is 49.2. The third kappa shape index (κ3) is 11.2. The van der Waals surface area contributed by atoms with Crippen molar-refractivity contribution in [3.63, 3.8) is 0 Å². The lowest BCUT2D eigenvalue weighted by atomic mass is 9.99. The Hall–Kier alpha value is -7.52. The van der Waals surface area contributed by atoms with E-state index < -0.39 is 35.4 Å². The summed E-state index contributed by atoms with van der Waals surface area (Å²) in [5, 5.41) is 25.9. The maximum Gasteiger partial charge on any atom is 0.308 e. The summed E-state index contributed by atoms with van der Waals surface area (Å²) in [5.74, 6) is 0.794. The lowest BCUT2D eigenvalue weighted by Gasteiger charge is -2.27. The minimum atomic E-state index is -0.931. The summed E-state index contributed by atoms with van der Waals surface area (Å²) in [6, 6.07) is 18.4. The number of piperidine rings is 1. The Kier molecular flexibility index (Phi) is 16.4. The molecule has 1 fully saturated rings. The number of nitrogens with one attached hydrogen (secondary N) is 2. The minimum absolute atomic E-state index is 0.0828. The highest BCUT2D eigenvalue weighted by atomic mass is 35.5. The predicted molar refractivity (Wildman–Crippen MR) is 310 cm³/mol. The van der Waals surface area contributed by atoms with Crippen LogP contribution in [0.1, 0.15) is 159 Å². The molecule has 4 aliphatic heterocycles. The molecule has 4 aliphatic rings. The number of ether oxygens (including phenoxy) is 1. The Morgan fingerprint density at radius 2 is 1.20 bits per heavy atom. The third-order valence-corrected chi connectivity index (χ3v) is 16.9. The normalized spacial score (nSPS) is 17.2. The zero-order valence-electron chi connectivity index (χ0n) is 46.1. The molecule has 414 valence electrons. The number of amides is 4. The maximum absolute atomic E-state index is 12.7. The largest absolute Gasteiger partial charge is 0.460 e. The highest BCUT2D eigenvalue weighted by Gasteiger charge is 2.46. The molecule has 0 aliphatic carbocycles. The molecule has 0 saturated carbocycles. The fourth-order valence-electron chi connectivity index (χ4n) is 9.89. The molecule has 4 aromatic heterocycles. The van der Waals surface area contributed by atoms with E-state index in [1.54, 1.807) is 47.9 Å². The number of nitrogens with zero attached hydrogens (tertiary/aromatic N) is 9. The molecule has 80 heavy (non-hydrogen) atoms. The molecule has 0 radical (unpaired) electrons. The van der Waals surface area contributed by atoms with Gasteiger partial charge in [0, 0.05) is 74.1 Å². The van der Waals surface area contributed by atoms with Crippen molar-refractivity contribution < 1.29 is 33.5 Å². The van der Waals surface area contributed by atoms with Crippen molar-refractivity contribution in [2.75, 3.05) is 12.4 Å². The standard InChI is InChI=1S/C23H25ClN4O2S.C21H21ClN4OS.C14H13N3O4/c1-12-13(2)31-22-19(12)20(15-7-9-16(24)10-8-15)25-17(11-18(29)30-23(4,5)6)21-27-26-14(3)28(21)22;1-5-16(27)10-17-20-25-24-13(4)26(20)21-18(11(2)12(3)28-21)19(23-17)14-6-8-15(22)9-7-14;1-15-8-4-2-3-7-11(8)14(21)17(13(7)20)9-5-6-10(18)16-12(9)19/h7-10,17H,11H2,1-6H3;6-9,17H,5,10H2,1-4H3;2-4,9,15H,5-6H2,1H3,(H,16,18,19)/t2*17-;/m00./s1. The van der Waals surface area contributed by atoms with Crippen LogP contribution in [0, 0.1) is 41.5 Å². The lowest BCUT2D eigenvalue weighted by molar-refractivity contribution is -0.155. The van der Waals surface area contributed by atoms with Gasteiger partial charge >= 0.3 is 5.97 Å². The average Bonchev–Trinajstić information content (AvgIpc) is 4.21. The van der Waals surface area contributed by atoms with Crippen molar-refractivity contribution in [2.24, 2.45) is 9.98 Å². The number of aliphatic imine (C=N–C) groups is 2. The van der Waals surface area contributed by atoms with E-state index in [1.807, 2.05) is 94.6 Å². The Bertz CT molecular complexity index is 3720. The van der Waals surface area contributed by atoms with Gasteiger partial charge in [-0.1, -0.05) is 60.5 Å². The molecule has 0 spiro atoms. The Balaban J connectivity index is 0.000000148. The SMILES string of the molecule is CCC(=O)C[C@@H]1N=C(c2ccc(Cl)cc2)c2c(sc(C)c2C)-n2c(C)nnc21.CNc1cccc2c1C(=O)N(C1CCC(=O)NC1=O)C2=O.Cc1sc2c(c1C)C(c1ccc(Cl)cc1)=N[C@@H](CC(=O)OC(C)(C)C)c1nnc(C)n1-2. The van der Waals surface area contributed by atoms with E-state index in [0.29, 0.717) is 34.4 Å². The first-order valence-corrected chi connectivity index (χ1v) is 28.4. The highest BCUT2D eigenvalue weighted by molar-refractivity contribution is 7.15. The Labute approximate surface area is 480 Å². The van der Waals surface area contributed by atoms with E-state index in [1.165, 1.54) is 15.3 Å². The van der Waals surface area contributed by atoms with Crippen LogP contribution < -0.4 is 10.6 Å². The Morgan fingerprint density at radius 1 is 0.700 bits per heavy atom. The van der Waals surface area contributed by atoms with Crippen LogP contribution in [0.4, 0.5) is 5.69 Å². The number of aryl methyl sites for hydroxylation is 4. The van der Waals surface area contributed by atoms with Gasteiger partial charge < -0.3 is 10.1 Å². The Morgan fingerprint density at radius 3 is 1.66 bits per heavy atom. The number of aromatic nitrogens is 6. The molecule has 1 saturated heterocycles. The number of carbonyl (C=O) groups excluding carboxylic acids is 6. The van der Waals surface area contributed by atoms with Gasteiger partial charge in [0.05, 0.1) is 29.0 Å².